The molecule has 1 aromatic rings. The van der Waals surface area contributed by atoms with Crippen LogP contribution in [0.25, 0.3) is 0 Å². The monoisotopic (exact) mass is 1300 g/mol. The van der Waals surface area contributed by atoms with E-state index >= 15 is 0 Å². The van der Waals surface area contributed by atoms with Crippen molar-refractivity contribution in [2.75, 3.05) is 46.2 Å². The summed E-state index contributed by atoms with van der Waals surface area (Å²) in [4.78, 5) is 12.6. The Hall–Kier alpha value is -2.91. The molecule has 0 radical (unpaired) electrons. The van der Waals surface area contributed by atoms with E-state index in [1.54, 1.807) is 0 Å². The molecule has 22 rings (SSSR count). The van der Waals surface area contributed by atoms with E-state index in [9.17, 15) is 117 Å². The van der Waals surface area contributed by atoms with Gasteiger partial charge in [-0.3, -0.25) is 4.79 Å². The maximum absolute atomic E-state index is 12.6. The van der Waals surface area contributed by atoms with Crippen LogP contribution in [0.5, 0.6) is 5.75 Å². The Balaban J connectivity index is 1.02. The average molecular weight is 1300 g/mol. The van der Waals surface area contributed by atoms with Crippen LogP contribution in [0.3, 0.4) is 0 Å². The van der Waals surface area contributed by atoms with Gasteiger partial charge in [-0.15, -0.1) is 0 Å². The fourth-order valence-corrected chi connectivity index (χ4v) is 11.8. The largest absolute Gasteiger partial charge is 0.508 e. The van der Waals surface area contributed by atoms with Crippen molar-refractivity contribution in [3.05, 3.63) is 29.8 Å². The summed E-state index contributed by atoms with van der Waals surface area (Å²) >= 11 is 0. The first kappa shape index (κ1) is 70.4. The molecule has 0 aromatic heterocycles. The number of aliphatic carboxylic acids is 1. The summed E-state index contributed by atoms with van der Waals surface area (Å²) in [7, 11) is 0. The molecule has 89 heavy (non-hydrogen) atoms. The fourth-order valence-electron chi connectivity index (χ4n) is 11.8. The molecular formula is C51H79NO37. The third-order valence-electron chi connectivity index (χ3n) is 16.8. The number of aromatic hydroxyl groups is 1. The first-order chi connectivity index (χ1) is 42.4. The maximum Gasteiger partial charge on any atom is 0.321 e. The number of phenolic OH excluding ortho intramolecular Hbond substituents is 1. The van der Waals surface area contributed by atoms with E-state index in [1.165, 1.54) is 24.3 Å². The second kappa shape index (κ2) is 30.2. The van der Waals surface area contributed by atoms with Crippen molar-refractivity contribution in [1.29, 1.82) is 0 Å². The molecule has 0 aliphatic carbocycles. The number of carboxylic acids is 1. The second-order valence-electron chi connectivity index (χ2n) is 22.6. The predicted octanol–water partition coefficient (Wildman–Crippen LogP) is -14.2. The van der Waals surface area contributed by atoms with E-state index < -0.39 is 273 Å². The Kier molecular flexibility index (Phi) is 23.9. The molecule has 21 aliphatic heterocycles. The molecule has 21 aliphatic rings. The summed E-state index contributed by atoms with van der Waals surface area (Å²) < 4.78 is 81.0. The standard InChI is InChI=1S/C51H79NO37/c53-7-17-38-25(62)32(69)47(78-17)86-40-19(9-55)80-49(34(71)27(40)64)88-42-21(11-57)82-51(36(73)29(42)66)89-43-22(12-58)81-50(35(72)28(43)65)87-41-20(10-56)79-48(33(70)26(41)63)85-39-18(8-54)77-46(31(68)24(39)61)83-37-16(76-45(84-38)30(67)23(37)60)6-52-15(44(74)75)5-13-1-3-14(59)4-2-13/h1-4,15-43,45-73H,5-12H2,(H,74,75)/t15-,16-,17-,18-,19-,20-,21-,22-,23-,24-,25-,26-,27-,28-,29-,30-,31-,32-,33-,34-,35-,36-,37-,38-,39-,40-,41-,42-,43-,45-,46-,47-,48-,49-,50-,51-/m1/s1. The van der Waals surface area contributed by atoms with Gasteiger partial charge in [-0.1, -0.05) is 12.1 Å². The number of hydrogen-bond acceptors (Lipinski definition) is 37. The van der Waals surface area contributed by atoms with Crippen molar-refractivity contribution >= 4 is 5.97 Å². The van der Waals surface area contributed by atoms with Crippen LogP contribution in [-0.2, 0) is 77.5 Å². The van der Waals surface area contributed by atoms with Gasteiger partial charge in [0.25, 0.3) is 0 Å². The molecule has 36 atom stereocenters. The molecule has 0 amide bonds. The van der Waals surface area contributed by atoms with Crippen molar-refractivity contribution in [3.8, 4) is 5.75 Å². The van der Waals surface area contributed by atoms with Gasteiger partial charge in [0.05, 0.1) is 39.6 Å². The molecule has 21 heterocycles. The number of ether oxygens (including phenoxy) is 14. The van der Waals surface area contributed by atoms with Gasteiger partial charge < -0.3 is 184 Å². The third-order valence-corrected chi connectivity index (χ3v) is 16.8. The fraction of sp³-hybridized carbons (Fsp3) is 0.863. The first-order valence-electron chi connectivity index (χ1n) is 28.5. The van der Waals surface area contributed by atoms with Gasteiger partial charge in [-0.25, -0.2) is 0 Å². The quantitative estimate of drug-likeness (QED) is 0.0924. The van der Waals surface area contributed by atoms with Crippen LogP contribution in [0.1, 0.15) is 5.56 Å². The Morgan fingerprint density at radius 3 is 0.730 bits per heavy atom. The zero-order chi connectivity index (χ0) is 64.6. The summed E-state index contributed by atoms with van der Waals surface area (Å²) in [6.45, 7) is -7.18. The molecule has 1 aromatic carbocycles. The van der Waals surface area contributed by atoms with Crippen molar-refractivity contribution in [1.82, 2.24) is 5.32 Å². The lowest BCUT2D eigenvalue weighted by Gasteiger charge is -2.50. The Labute approximate surface area is 503 Å². The molecule has 21 fully saturated rings. The van der Waals surface area contributed by atoms with Gasteiger partial charge >= 0.3 is 5.97 Å². The minimum atomic E-state index is -2.30. The number of carboxylic acid groups (broad SMARTS) is 1. The molecule has 0 saturated carbocycles. The highest BCUT2D eigenvalue weighted by Gasteiger charge is 2.60. The second-order valence-corrected chi connectivity index (χ2v) is 22.6. The SMILES string of the molecule is O=C(O)[C@@H](Cc1ccc(O)cc1)NC[C@H]1O[C@@H]2O[C@H]3[C@H](O)[C@@H](O)[C@@H](O[C@H]4[C@H](O)[C@@H](O)[C@@H](O[C@H]5[C@H](O)[C@@H](O)[C@@H](O[C@H]6[C@H](O)[C@@H](O)[C@@H](O[C@H]7[C@H](O)[C@@H](O)[C@@H](O[C@H]8[C@H](O)[C@@H](O)[C@@H](O[C@H]1[C@H](O)[C@H]2O)O[C@@H]8CO)O[C@@H]7CO)O[C@@H]6CO)O[C@@H]5CO)O[C@@H]4CO)O[C@@H]3CO. The van der Waals surface area contributed by atoms with E-state index in [0.717, 1.165) is 0 Å². The number of nitrogens with one attached hydrogen (secondary N) is 1. The Morgan fingerprint density at radius 2 is 0.528 bits per heavy atom. The highest BCUT2D eigenvalue weighted by molar-refractivity contribution is 5.74. The normalized spacial score (nSPS) is 49.8. The molecule has 23 N–H and O–H groups in total. The van der Waals surface area contributed by atoms with Crippen LogP contribution in [0.2, 0.25) is 0 Å². The van der Waals surface area contributed by atoms with Crippen molar-refractivity contribution in [2.45, 2.75) is 227 Å². The number of hydrogen-bond donors (Lipinski definition) is 23. The maximum atomic E-state index is 12.6. The number of carbonyl (C=O) groups is 1. The van der Waals surface area contributed by atoms with Crippen LogP contribution in [-0.4, -0.2) is 385 Å². The summed E-state index contributed by atoms with van der Waals surface area (Å²) in [5, 5.41) is 247. The Bertz CT molecular complexity index is 2360. The molecule has 0 unspecified atom stereocenters. The van der Waals surface area contributed by atoms with Crippen LogP contribution < -0.4 is 5.32 Å². The van der Waals surface area contributed by atoms with Crippen molar-refractivity contribution in [3.63, 3.8) is 0 Å². The molecular weight excluding hydrogens is 1220 g/mol. The smallest absolute Gasteiger partial charge is 0.321 e. The first-order valence-corrected chi connectivity index (χ1v) is 28.5. The van der Waals surface area contributed by atoms with Crippen LogP contribution in [0.15, 0.2) is 24.3 Å². The topological polar surface area (TPSA) is 603 Å². The summed E-state index contributed by atoms with van der Waals surface area (Å²) in [5.74, 6) is -1.57. The summed E-state index contributed by atoms with van der Waals surface area (Å²) in [6, 6.07) is 3.94. The van der Waals surface area contributed by atoms with Crippen LogP contribution in [0, 0.1) is 0 Å². The zero-order valence-electron chi connectivity index (χ0n) is 46.7. The predicted molar refractivity (Wildman–Crippen MR) is 273 cm³/mol. The van der Waals surface area contributed by atoms with Gasteiger partial charge in [0.1, 0.15) is 183 Å². The number of aliphatic hydroxyl groups excluding tert-OH is 20. The van der Waals surface area contributed by atoms with Crippen molar-refractivity contribution < 1.29 is 183 Å². The van der Waals surface area contributed by atoms with E-state index in [0.29, 0.717) is 5.56 Å². The van der Waals surface area contributed by atoms with Crippen LogP contribution >= 0.6 is 0 Å². The molecule has 38 heteroatoms. The van der Waals surface area contributed by atoms with Crippen LogP contribution in [0.4, 0.5) is 0 Å². The minimum Gasteiger partial charge on any atom is -0.508 e. The Morgan fingerprint density at radius 1 is 0.326 bits per heavy atom. The molecule has 38 nitrogen and oxygen atoms in total. The molecule has 21 saturated heterocycles. The van der Waals surface area contributed by atoms with E-state index in [1.807, 2.05) is 0 Å². The highest BCUT2D eigenvalue weighted by atomic mass is 16.8. The van der Waals surface area contributed by atoms with E-state index in [-0.39, 0.29) is 12.2 Å². The van der Waals surface area contributed by atoms with Gasteiger partial charge in [0, 0.05) is 6.54 Å². The zero-order valence-corrected chi connectivity index (χ0v) is 46.7. The van der Waals surface area contributed by atoms with E-state index in [2.05, 4.69) is 5.32 Å². The molecule has 14 bridgehead atoms. The van der Waals surface area contributed by atoms with E-state index in [4.69, 9.17) is 66.3 Å². The summed E-state index contributed by atoms with van der Waals surface area (Å²) in [6.07, 6.45) is -72.4. The third kappa shape index (κ3) is 14.7. The number of phenols is 1. The van der Waals surface area contributed by atoms with Crippen molar-refractivity contribution in [2.24, 2.45) is 0 Å². The van der Waals surface area contributed by atoms with Gasteiger partial charge in [-0.05, 0) is 24.1 Å². The molecule has 510 valence electrons. The lowest BCUT2D eigenvalue weighted by molar-refractivity contribution is -0.396. The lowest BCUT2D eigenvalue weighted by atomic mass is 9.95. The van der Waals surface area contributed by atoms with Gasteiger partial charge in [0.15, 0.2) is 44.0 Å². The minimum absolute atomic E-state index is 0.133. The highest BCUT2D eigenvalue weighted by Crippen LogP contribution is 2.39. The summed E-state index contributed by atoms with van der Waals surface area (Å²) in [5.41, 5.74) is 0.397. The number of benzene rings is 1. The average Bonchev–Trinajstić information content (AvgIpc) is 0.971. The number of rotatable bonds is 12. The molecule has 0 spiro atoms. The van der Waals surface area contributed by atoms with Gasteiger partial charge in [-0.2, -0.15) is 0 Å². The number of aliphatic hydroxyl groups is 20. The lowest BCUT2D eigenvalue weighted by Crippen LogP contribution is -2.68. The van der Waals surface area contributed by atoms with Gasteiger partial charge in [0.2, 0.25) is 0 Å².